The Hall–Kier alpha value is -1.72. The molecule has 0 aliphatic carbocycles. The van der Waals surface area contributed by atoms with Gasteiger partial charge < -0.3 is 0 Å². The number of hydrazone groups is 2. The van der Waals surface area contributed by atoms with Gasteiger partial charge in [0.2, 0.25) is 11.8 Å². The van der Waals surface area contributed by atoms with Gasteiger partial charge in [-0.15, -0.1) is 0 Å². The second kappa shape index (κ2) is 9.82. The van der Waals surface area contributed by atoms with E-state index in [0.717, 1.165) is 0 Å². The predicted molar refractivity (Wildman–Crippen MR) is 63.1 cm³/mol. The summed E-state index contributed by atoms with van der Waals surface area (Å²) in [5.41, 5.74) is 4.72. The second-order valence-electron chi connectivity index (χ2n) is 3.05. The molecule has 0 saturated heterocycles. The smallest absolute Gasteiger partial charge is 0.240 e. The molecule has 0 aliphatic rings. The maximum absolute atomic E-state index is 11.1. The van der Waals surface area contributed by atoms with E-state index in [0.29, 0.717) is 25.7 Å². The summed E-state index contributed by atoms with van der Waals surface area (Å²) in [4.78, 5) is 22.1. The first-order valence-corrected chi connectivity index (χ1v) is 5.23. The van der Waals surface area contributed by atoms with E-state index in [4.69, 9.17) is 0 Å². The molecule has 0 aromatic rings. The molecule has 0 radical (unpaired) electrons. The van der Waals surface area contributed by atoms with E-state index in [2.05, 4.69) is 21.1 Å². The predicted octanol–water partition coefficient (Wildman–Crippen LogP) is 0.791. The maximum atomic E-state index is 11.1. The summed E-state index contributed by atoms with van der Waals surface area (Å²) in [7, 11) is 0. The summed E-state index contributed by atoms with van der Waals surface area (Å²) in [6, 6.07) is 0. The van der Waals surface area contributed by atoms with Crippen LogP contribution in [-0.4, -0.2) is 24.2 Å². The molecule has 0 aromatic carbocycles. The summed E-state index contributed by atoms with van der Waals surface area (Å²) in [6.45, 7) is 3.44. The van der Waals surface area contributed by atoms with Crippen LogP contribution in [0, 0.1) is 0 Å². The normalized spacial score (nSPS) is 10.9. The van der Waals surface area contributed by atoms with E-state index < -0.39 is 0 Å². The molecule has 6 nitrogen and oxygen atoms in total. The second-order valence-corrected chi connectivity index (χ2v) is 3.05. The zero-order valence-electron chi connectivity index (χ0n) is 9.69. The molecule has 0 spiro atoms. The third-order valence-corrected chi connectivity index (χ3v) is 1.69. The Labute approximate surface area is 95.2 Å². The highest BCUT2D eigenvalue weighted by molar-refractivity contribution is 5.77. The molecule has 0 aromatic heterocycles. The lowest BCUT2D eigenvalue weighted by atomic mass is 10.2. The van der Waals surface area contributed by atoms with Crippen molar-refractivity contribution in [2.45, 2.75) is 39.5 Å². The lowest BCUT2D eigenvalue weighted by Gasteiger charge is -2.00. The van der Waals surface area contributed by atoms with Crippen molar-refractivity contribution in [3.8, 4) is 0 Å². The number of nitrogens with one attached hydrogen (secondary N) is 2. The summed E-state index contributed by atoms with van der Waals surface area (Å²) in [6.07, 6.45) is 5.09. The molecule has 16 heavy (non-hydrogen) atoms. The fraction of sp³-hybridized carbons (Fsp3) is 0.600. The molecule has 0 saturated carbocycles. The van der Waals surface area contributed by atoms with E-state index in [1.807, 2.05) is 0 Å². The van der Waals surface area contributed by atoms with Crippen molar-refractivity contribution >= 4 is 24.2 Å². The molecule has 0 atom stereocenters. The molecule has 0 rings (SSSR count). The summed E-state index contributed by atoms with van der Waals surface area (Å²) in [5.74, 6) is -0.268. The molecule has 90 valence electrons. The van der Waals surface area contributed by atoms with Gasteiger partial charge in [0.15, 0.2) is 0 Å². The molecule has 0 heterocycles. The minimum Gasteiger partial charge on any atom is -0.273 e. The van der Waals surface area contributed by atoms with E-state index in [-0.39, 0.29) is 11.8 Å². The zero-order valence-corrected chi connectivity index (χ0v) is 9.69. The Morgan fingerprint density at radius 3 is 1.62 bits per heavy atom. The van der Waals surface area contributed by atoms with Gasteiger partial charge in [0, 0.05) is 25.3 Å². The highest BCUT2D eigenvalue weighted by atomic mass is 16.2. The highest BCUT2D eigenvalue weighted by Gasteiger charge is 2.02. The van der Waals surface area contributed by atoms with Crippen molar-refractivity contribution in [1.82, 2.24) is 10.9 Å². The van der Waals surface area contributed by atoms with Gasteiger partial charge in [0.25, 0.3) is 0 Å². The maximum Gasteiger partial charge on any atom is 0.240 e. The van der Waals surface area contributed by atoms with Crippen molar-refractivity contribution in [2.75, 3.05) is 0 Å². The number of hydrogen-bond donors (Lipinski definition) is 2. The average Bonchev–Trinajstić information content (AvgIpc) is 2.29. The third kappa shape index (κ3) is 8.86. The van der Waals surface area contributed by atoms with Crippen LogP contribution in [0.3, 0.4) is 0 Å². The number of carbonyl (C=O) groups excluding carboxylic acids is 2. The Morgan fingerprint density at radius 1 is 0.938 bits per heavy atom. The quantitative estimate of drug-likeness (QED) is 0.382. The lowest BCUT2D eigenvalue weighted by molar-refractivity contribution is -0.123. The van der Waals surface area contributed by atoms with Crippen LogP contribution in [0.1, 0.15) is 39.5 Å². The monoisotopic (exact) mass is 226 g/mol. The van der Waals surface area contributed by atoms with Gasteiger partial charge in [-0.25, -0.2) is 10.9 Å². The van der Waals surface area contributed by atoms with Crippen LogP contribution in [0.15, 0.2) is 10.2 Å². The molecule has 0 aliphatic heterocycles. The van der Waals surface area contributed by atoms with Crippen molar-refractivity contribution < 1.29 is 9.59 Å². The Balaban J connectivity index is 3.45. The first-order chi connectivity index (χ1) is 7.70. The molecular weight excluding hydrogens is 208 g/mol. The number of hydrogen-bond acceptors (Lipinski definition) is 4. The molecule has 0 unspecified atom stereocenters. The van der Waals surface area contributed by atoms with E-state index in [9.17, 15) is 9.59 Å². The van der Waals surface area contributed by atoms with Crippen molar-refractivity contribution in [1.29, 1.82) is 0 Å². The molecule has 0 bridgehead atoms. The number of carbonyl (C=O) groups is 2. The van der Waals surface area contributed by atoms with Gasteiger partial charge >= 0.3 is 0 Å². The van der Waals surface area contributed by atoms with Gasteiger partial charge in [0.1, 0.15) is 0 Å². The van der Waals surface area contributed by atoms with Gasteiger partial charge in [-0.3, -0.25) is 9.59 Å². The Kier molecular flexibility index (Phi) is 8.76. The first kappa shape index (κ1) is 14.3. The first-order valence-electron chi connectivity index (χ1n) is 5.23. The number of nitrogens with zero attached hydrogens (tertiary/aromatic N) is 2. The van der Waals surface area contributed by atoms with Crippen molar-refractivity contribution in [2.24, 2.45) is 10.2 Å². The Bertz CT molecular complexity index is 246. The summed E-state index contributed by atoms with van der Waals surface area (Å²) >= 11 is 0. The fourth-order valence-electron chi connectivity index (χ4n) is 0.956. The van der Waals surface area contributed by atoms with Crippen LogP contribution in [0.2, 0.25) is 0 Å². The number of rotatable bonds is 7. The molecule has 6 heteroatoms. The molecular formula is C10H18N4O2. The van der Waals surface area contributed by atoms with Gasteiger partial charge in [0.05, 0.1) is 0 Å². The number of unbranched alkanes of at least 4 members (excludes halogenated alkanes) is 1. The largest absolute Gasteiger partial charge is 0.273 e. The Morgan fingerprint density at radius 2 is 1.31 bits per heavy atom. The lowest BCUT2D eigenvalue weighted by Crippen LogP contribution is -2.18. The van der Waals surface area contributed by atoms with Crippen LogP contribution < -0.4 is 10.9 Å². The van der Waals surface area contributed by atoms with Gasteiger partial charge in [-0.1, -0.05) is 0 Å². The minimum absolute atomic E-state index is 0.134. The van der Waals surface area contributed by atoms with Gasteiger partial charge in [-0.05, 0) is 26.7 Å². The number of amides is 2. The molecule has 2 N–H and O–H groups in total. The van der Waals surface area contributed by atoms with E-state index >= 15 is 0 Å². The topological polar surface area (TPSA) is 82.9 Å². The third-order valence-electron chi connectivity index (χ3n) is 1.69. The minimum atomic E-state index is -0.134. The SMILES string of the molecule is C/C=N\NC(=O)CCCCC(=O)N/N=C\C. The fourth-order valence-corrected chi connectivity index (χ4v) is 0.956. The van der Waals surface area contributed by atoms with Crippen LogP contribution in [0.5, 0.6) is 0 Å². The van der Waals surface area contributed by atoms with Crippen LogP contribution in [0.4, 0.5) is 0 Å². The zero-order chi connectivity index (χ0) is 12.2. The molecule has 0 fully saturated rings. The van der Waals surface area contributed by atoms with E-state index in [1.54, 1.807) is 13.8 Å². The van der Waals surface area contributed by atoms with Crippen molar-refractivity contribution in [3.05, 3.63) is 0 Å². The van der Waals surface area contributed by atoms with Crippen molar-refractivity contribution in [3.63, 3.8) is 0 Å². The standard InChI is InChI=1S/C10H18N4O2/c1-3-11-13-9(15)7-5-6-8-10(16)14-12-4-2/h3-4H,5-8H2,1-2H3,(H,13,15)(H,14,16)/b11-3-,12-4-. The van der Waals surface area contributed by atoms with E-state index in [1.165, 1.54) is 12.4 Å². The summed E-state index contributed by atoms with van der Waals surface area (Å²) < 4.78 is 0. The summed E-state index contributed by atoms with van der Waals surface area (Å²) in [5, 5.41) is 7.21. The highest BCUT2D eigenvalue weighted by Crippen LogP contribution is 1.99. The van der Waals surface area contributed by atoms with Crippen LogP contribution >= 0.6 is 0 Å². The molecule has 2 amide bonds. The average molecular weight is 226 g/mol. The van der Waals surface area contributed by atoms with Crippen LogP contribution in [0.25, 0.3) is 0 Å². The van der Waals surface area contributed by atoms with Gasteiger partial charge in [-0.2, -0.15) is 10.2 Å². The van der Waals surface area contributed by atoms with Crippen LogP contribution in [-0.2, 0) is 9.59 Å².